The van der Waals surface area contributed by atoms with Crippen molar-refractivity contribution in [2.45, 2.75) is 39.5 Å². The van der Waals surface area contributed by atoms with Crippen LogP contribution in [0.1, 0.15) is 36.6 Å². The molecule has 0 radical (unpaired) electrons. The molecule has 1 N–H and O–H groups in total. The van der Waals surface area contributed by atoms with E-state index in [9.17, 15) is 4.79 Å². The summed E-state index contributed by atoms with van der Waals surface area (Å²) in [5.74, 6) is 0.340. The van der Waals surface area contributed by atoms with Crippen LogP contribution in [0.3, 0.4) is 0 Å². The van der Waals surface area contributed by atoms with E-state index in [4.69, 9.17) is 0 Å². The second-order valence-corrected chi connectivity index (χ2v) is 7.25. The zero-order valence-corrected chi connectivity index (χ0v) is 13.9. The number of carbonyl (C=O) groups excluding carboxylic acids is 1. The molecule has 0 spiro atoms. The fraction of sp³-hybridized carbons (Fsp3) is 0.474. The molecule has 1 saturated carbocycles. The molecule has 2 aliphatic rings. The minimum Gasteiger partial charge on any atom is -0.342 e. The molecule has 4 nitrogen and oxygen atoms in total. The van der Waals surface area contributed by atoms with Gasteiger partial charge in [-0.05, 0) is 26.2 Å². The summed E-state index contributed by atoms with van der Waals surface area (Å²) >= 11 is 0. The van der Waals surface area contributed by atoms with Crippen LogP contribution in [0.2, 0.25) is 0 Å². The van der Waals surface area contributed by atoms with Gasteiger partial charge in [-0.3, -0.25) is 9.89 Å². The van der Waals surface area contributed by atoms with Crippen LogP contribution in [0.25, 0.3) is 11.3 Å². The molecule has 1 aromatic heterocycles. The minimum atomic E-state index is -0.0733. The molecule has 1 amide bonds. The van der Waals surface area contributed by atoms with Gasteiger partial charge in [0.2, 0.25) is 5.91 Å². The molecule has 4 rings (SSSR count). The van der Waals surface area contributed by atoms with Crippen LogP contribution in [0.4, 0.5) is 0 Å². The predicted octanol–water partition coefficient (Wildman–Crippen LogP) is 3.11. The minimum absolute atomic E-state index is 0.0733. The highest BCUT2D eigenvalue weighted by Crippen LogP contribution is 2.46. The third-order valence-corrected chi connectivity index (χ3v) is 5.34. The van der Waals surface area contributed by atoms with Gasteiger partial charge in [0, 0.05) is 41.7 Å². The Morgan fingerprint density at radius 1 is 1.17 bits per heavy atom. The summed E-state index contributed by atoms with van der Waals surface area (Å²) < 4.78 is 0. The van der Waals surface area contributed by atoms with E-state index in [1.165, 1.54) is 16.8 Å². The van der Waals surface area contributed by atoms with E-state index in [0.29, 0.717) is 5.91 Å². The number of carbonyl (C=O) groups is 1. The van der Waals surface area contributed by atoms with Crippen molar-refractivity contribution < 1.29 is 4.79 Å². The Labute approximate surface area is 136 Å². The molecule has 0 saturated heterocycles. The summed E-state index contributed by atoms with van der Waals surface area (Å²) in [5, 5.41) is 7.75. The van der Waals surface area contributed by atoms with Crippen LogP contribution < -0.4 is 0 Å². The summed E-state index contributed by atoms with van der Waals surface area (Å²) in [4.78, 5) is 14.7. The van der Waals surface area contributed by atoms with Crippen LogP contribution in [0.5, 0.6) is 0 Å². The largest absolute Gasteiger partial charge is 0.342 e. The average molecular weight is 309 g/mol. The van der Waals surface area contributed by atoms with Gasteiger partial charge in [0.15, 0.2) is 0 Å². The predicted molar refractivity (Wildman–Crippen MR) is 90.1 cm³/mol. The fourth-order valence-electron chi connectivity index (χ4n) is 3.42. The number of aryl methyl sites for hydroxylation is 1. The van der Waals surface area contributed by atoms with Crippen LogP contribution in [-0.2, 0) is 17.6 Å². The van der Waals surface area contributed by atoms with E-state index < -0.39 is 0 Å². The highest BCUT2D eigenvalue weighted by Gasteiger charge is 2.47. The topological polar surface area (TPSA) is 49.0 Å². The molecule has 1 fully saturated rings. The maximum atomic E-state index is 12.6. The lowest BCUT2D eigenvalue weighted by molar-refractivity contribution is -0.136. The van der Waals surface area contributed by atoms with E-state index in [1.807, 2.05) is 0 Å². The summed E-state index contributed by atoms with van der Waals surface area (Å²) in [7, 11) is 0. The molecule has 1 aliphatic carbocycles. The van der Waals surface area contributed by atoms with E-state index in [0.717, 1.165) is 50.0 Å². The first-order chi connectivity index (χ1) is 11.1. The first-order valence-corrected chi connectivity index (χ1v) is 8.49. The third kappa shape index (κ3) is 2.56. The van der Waals surface area contributed by atoms with Crippen molar-refractivity contribution in [3.63, 3.8) is 0 Å². The van der Waals surface area contributed by atoms with Crippen LogP contribution in [0.15, 0.2) is 24.3 Å². The highest BCUT2D eigenvalue weighted by atomic mass is 16.2. The number of fused-ring (bicyclic) bond motifs is 1. The van der Waals surface area contributed by atoms with Crippen molar-refractivity contribution in [1.82, 2.24) is 15.1 Å². The van der Waals surface area contributed by atoms with Crippen LogP contribution in [0, 0.1) is 12.3 Å². The van der Waals surface area contributed by atoms with Gasteiger partial charge in [-0.15, -0.1) is 0 Å². The molecule has 23 heavy (non-hydrogen) atoms. The average Bonchev–Trinajstić information content (AvgIpc) is 3.24. The Hall–Kier alpha value is -2.10. The van der Waals surface area contributed by atoms with Crippen molar-refractivity contribution in [2.24, 2.45) is 5.41 Å². The molecule has 1 aromatic carbocycles. The normalized spacial score (nSPS) is 19.1. The van der Waals surface area contributed by atoms with Gasteiger partial charge in [-0.1, -0.05) is 36.8 Å². The van der Waals surface area contributed by atoms with Crippen LogP contribution in [-0.4, -0.2) is 34.1 Å². The van der Waals surface area contributed by atoms with Gasteiger partial charge in [0.1, 0.15) is 0 Å². The molecule has 0 unspecified atom stereocenters. The van der Waals surface area contributed by atoms with E-state index in [2.05, 4.69) is 53.2 Å². The quantitative estimate of drug-likeness (QED) is 0.926. The summed E-state index contributed by atoms with van der Waals surface area (Å²) in [6, 6.07) is 8.50. The van der Waals surface area contributed by atoms with Crippen molar-refractivity contribution in [2.75, 3.05) is 13.1 Å². The second kappa shape index (κ2) is 5.22. The Kier molecular flexibility index (Phi) is 3.29. The zero-order valence-electron chi connectivity index (χ0n) is 13.9. The molecular weight excluding hydrogens is 286 g/mol. The van der Waals surface area contributed by atoms with E-state index in [-0.39, 0.29) is 5.41 Å². The van der Waals surface area contributed by atoms with Gasteiger partial charge in [0.05, 0.1) is 5.69 Å². The lowest BCUT2D eigenvalue weighted by Gasteiger charge is -2.23. The molecule has 1 aliphatic heterocycles. The molecule has 2 aromatic rings. The first kappa shape index (κ1) is 14.5. The van der Waals surface area contributed by atoms with E-state index in [1.54, 1.807) is 0 Å². The number of amides is 1. The summed E-state index contributed by atoms with van der Waals surface area (Å²) in [5.41, 5.74) is 5.86. The fourth-order valence-corrected chi connectivity index (χ4v) is 3.42. The van der Waals surface area contributed by atoms with Gasteiger partial charge in [-0.2, -0.15) is 5.10 Å². The number of nitrogens with one attached hydrogen (secondary N) is 1. The van der Waals surface area contributed by atoms with Crippen molar-refractivity contribution >= 4 is 5.91 Å². The number of benzene rings is 1. The Morgan fingerprint density at radius 2 is 1.87 bits per heavy atom. The Morgan fingerprint density at radius 3 is 2.57 bits per heavy atom. The Bertz CT molecular complexity index is 740. The van der Waals surface area contributed by atoms with Gasteiger partial charge >= 0.3 is 0 Å². The lowest BCUT2D eigenvalue weighted by atomic mass is 10.0. The molecule has 0 bridgehead atoms. The van der Waals surface area contributed by atoms with Crippen LogP contribution >= 0.6 is 0 Å². The highest BCUT2D eigenvalue weighted by molar-refractivity contribution is 5.85. The molecule has 2 heterocycles. The lowest BCUT2D eigenvalue weighted by Crippen LogP contribution is -2.38. The SMILES string of the molecule is Cc1ccc(-c2n[nH]c3c2CCN(C(=O)C2(C)CC2)CC3)cc1. The monoisotopic (exact) mass is 309 g/mol. The molecule has 4 heteroatoms. The summed E-state index contributed by atoms with van der Waals surface area (Å²) in [6.45, 7) is 5.80. The maximum Gasteiger partial charge on any atom is 0.228 e. The van der Waals surface area contributed by atoms with Gasteiger partial charge < -0.3 is 4.90 Å². The standard InChI is InChI=1S/C19H23N3O/c1-13-3-5-14(6-4-13)17-15-7-11-22(12-8-16(15)20-21-17)18(23)19(2)9-10-19/h3-6H,7-12H2,1-2H3,(H,20,21). The number of aromatic nitrogens is 2. The maximum absolute atomic E-state index is 12.6. The van der Waals surface area contributed by atoms with Crippen molar-refractivity contribution in [3.05, 3.63) is 41.1 Å². The van der Waals surface area contributed by atoms with Crippen molar-refractivity contribution in [3.8, 4) is 11.3 Å². The second-order valence-electron chi connectivity index (χ2n) is 7.25. The zero-order chi connectivity index (χ0) is 16.0. The Balaban J connectivity index is 1.58. The van der Waals surface area contributed by atoms with Gasteiger partial charge in [0.25, 0.3) is 0 Å². The number of nitrogens with zero attached hydrogens (tertiary/aromatic N) is 2. The van der Waals surface area contributed by atoms with Crippen molar-refractivity contribution in [1.29, 1.82) is 0 Å². The number of H-pyrrole nitrogens is 1. The number of hydrogen-bond donors (Lipinski definition) is 1. The molecule has 0 atom stereocenters. The molecule has 120 valence electrons. The number of rotatable bonds is 2. The first-order valence-electron chi connectivity index (χ1n) is 8.49. The summed E-state index contributed by atoms with van der Waals surface area (Å²) in [6.07, 6.45) is 3.85. The third-order valence-electron chi connectivity index (χ3n) is 5.34. The number of hydrogen-bond acceptors (Lipinski definition) is 2. The number of aromatic amines is 1. The molecular formula is C19H23N3O. The smallest absolute Gasteiger partial charge is 0.228 e. The van der Waals surface area contributed by atoms with Gasteiger partial charge in [-0.25, -0.2) is 0 Å². The van der Waals surface area contributed by atoms with E-state index >= 15 is 0 Å².